The lowest BCUT2D eigenvalue weighted by atomic mass is 9.74. The Labute approximate surface area is 143 Å². The van der Waals surface area contributed by atoms with Gasteiger partial charge in [-0.1, -0.05) is 37.6 Å². The number of likely N-dealkylation sites (tertiary alicyclic amines) is 1. The number of benzene rings is 1. The SMILES string of the molecule is CC(CS(C)(=O)=O)C(=O)N1CCC(C)(c2cccc(Cl)c2)CC1. The number of hydrogen-bond acceptors (Lipinski definition) is 3. The molecule has 4 nitrogen and oxygen atoms in total. The molecule has 1 aromatic rings. The van der Waals surface area contributed by atoms with Crippen LogP contribution in [0.3, 0.4) is 0 Å². The zero-order valence-electron chi connectivity index (χ0n) is 13.9. The average Bonchev–Trinajstić information content (AvgIpc) is 2.45. The summed E-state index contributed by atoms with van der Waals surface area (Å²) in [5.74, 6) is -0.641. The van der Waals surface area contributed by atoms with E-state index in [1.807, 2.05) is 18.2 Å². The third-order valence-corrected chi connectivity index (χ3v) is 6.02. The summed E-state index contributed by atoms with van der Waals surface area (Å²) in [6.45, 7) is 5.18. The highest BCUT2D eigenvalue weighted by atomic mass is 35.5. The molecule has 1 aliphatic rings. The second-order valence-corrected chi connectivity index (χ2v) is 9.51. The predicted octanol–water partition coefficient (Wildman–Crippen LogP) is 2.90. The average molecular weight is 358 g/mol. The first-order valence-electron chi connectivity index (χ1n) is 7.83. The van der Waals surface area contributed by atoms with Crippen molar-refractivity contribution in [3.8, 4) is 0 Å². The van der Waals surface area contributed by atoms with Gasteiger partial charge in [-0.05, 0) is 36.0 Å². The molecule has 1 aliphatic heterocycles. The highest BCUT2D eigenvalue weighted by Gasteiger charge is 2.35. The van der Waals surface area contributed by atoms with E-state index < -0.39 is 15.8 Å². The second kappa shape index (κ2) is 6.81. The second-order valence-electron chi connectivity index (χ2n) is 6.89. The van der Waals surface area contributed by atoms with Crippen LogP contribution in [-0.2, 0) is 20.0 Å². The van der Waals surface area contributed by atoms with E-state index >= 15 is 0 Å². The molecule has 1 fully saturated rings. The van der Waals surface area contributed by atoms with Gasteiger partial charge in [0.1, 0.15) is 9.84 Å². The molecule has 6 heteroatoms. The van der Waals surface area contributed by atoms with Crippen molar-refractivity contribution in [2.75, 3.05) is 25.1 Å². The van der Waals surface area contributed by atoms with Crippen LogP contribution >= 0.6 is 11.6 Å². The number of amides is 1. The van der Waals surface area contributed by atoms with E-state index in [4.69, 9.17) is 11.6 Å². The van der Waals surface area contributed by atoms with E-state index in [0.29, 0.717) is 13.1 Å². The zero-order valence-corrected chi connectivity index (χ0v) is 15.5. The minimum atomic E-state index is -3.14. The summed E-state index contributed by atoms with van der Waals surface area (Å²) in [5.41, 5.74) is 1.20. The number of rotatable bonds is 4. The van der Waals surface area contributed by atoms with Gasteiger partial charge in [0.05, 0.1) is 5.75 Å². The molecule has 0 aliphatic carbocycles. The zero-order chi connectivity index (χ0) is 17.3. The third kappa shape index (κ3) is 4.70. The summed E-state index contributed by atoms with van der Waals surface area (Å²) in [4.78, 5) is 14.2. The van der Waals surface area contributed by atoms with Crippen molar-refractivity contribution >= 4 is 27.3 Å². The molecule has 1 aromatic carbocycles. The Morgan fingerprint density at radius 2 is 1.96 bits per heavy atom. The molecular formula is C17H24ClNO3S. The van der Waals surface area contributed by atoms with Crippen LogP contribution in [0, 0.1) is 5.92 Å². The molecule has 0 radical (unpaired) electrons. The maximum absolute atomic E-state index is 12.4. The molecule has 0 bridgehead atoms. The molecule has 1 saturated heterocycles. The molecule has 0 saturated carbocycles. The van der Waals surface area contributed by atoms with Crippen molar-refractivity contribution in [3.05, 3.63) is 34.9 Å². The van der Waals surface area contributed by atoms with E-state index in [0.717, 1.165) is 17.9 Å². The van der Waals surface area contributed by atoms with Gasteiger partial charge in [0.25, 0.3) is 0 Å². The summed E-state index contributed by atoms with van der Waals surface area (Å²) in [5, 5.41) is 0.726. The highest BCUT2D eigenvalue weighted by Crippen LogP contribution is 2.36. The van der Waals surface area contributed by atoms with E-state index in [-0.39, 0.29) is 17.1 Å². The minimum absolute atomic E-state index is 0.00174. The number of carbonyl (C=O) groups excluding carboxylic acids is 1. The molecule has 1 heterocycles. The lowest BCUT2D eigenvalue weighted by molar-refractivity contribution is -0.135. The van der Waals surface area contributed by atoms with Gasteiger partial charge >= 0.3 is 0 Å². The molecule has 128 valence electrons. The molecule has 2 rings (SSSR count). The lowest BCUT2D eigenvalue weighted by Gasteiger charge is -2.40. The molecule has 0 N–H and O–H groups in total. The molecular weight excluding hydrogens is 334 g/mol. The first kappa shape index (κ1) is 18.3. The summed E-state index contributed by atoms with van der Waals surface area (Å²) in [6.07, 6.45) is 2.87. The van der Waals surface area contributed by atoms with Crippen LogP contribution in [0.25, 0.3) is 0 Å². The summed E-state index contributed by atoms with van der Waals surface area (Å²) in [6, 6.07) is 7.88. The van der Waals surface area contributed by atoms with Crippen molar-refractivity contribution in [3.63, 3.8) is 0 Å². The number of halogens is 1. The maximum Gasteiger partial charge on any atom is 0.226 e. The van der Waals surface area contributed by atoms with Crippen molar-refractivity contribution in [1.82, 2.24) is 4.90 Å². The van der Waals surface area contributed by atoms with Crippen LogP contribution in [0.4, 0.5) is 0 Å². The van der Waals surface area contributed by atoms with Gasteiger partial charge in [-0.25, -0.2) is 8.42 Å². The lowest BCUT2D eigenvalue weighted by Crippen LogP contribution is -2.46. The van der Waals surface area contributed by atoms with E-state index in [1.54, 1.807) is 11.8 Å². The Bertz CT molecular complexity index is 679. The summed E-state index contributed by atoms with van der Waals surface area (Å²) in [7, 11) is -3.14. The fraction of sp³-hybridized carbons (Fsp3) is 0.588. The molecule has 1 atom stereocenters. The fourth-order valence-electron chi connectivity index (χ4n) is 3.21. The first-order chi connectivity index (χ1) is 10.6. The summed E-state index contributed by atoms with van der Waals surface area (Å²) >= 11 is 6.09. The van der Waals surface area contributed by atoms with Gasteiger partial charge in [0, 0.05) is 30.3 Å². The van der Waals surface area contributed by atoms with Crippen LogP contribution in [0.5, 0.6) is 0 Å². The molecule has 23 heavy (non-hydrogen) atoms. The van der Waals surface area contributed by atoms with Gasteiger partial charge in [-0.2, -0.15) is 0 Å². The first-order valence-corrected chi connectivity index (χ1v) is 10.3. The Balaban J connectivity index is 2.02. The van der Waals surface area contributed by atoms with Crippen LogP contribution in [0.15, 0.2) is 24.3 Å². The molecule has 1 amide bonds. The quantitative estimate of drug-likeness (QED) is 0.832. The topological polar surface area (TPSA) is 54.5 Å². The summed E-state index contributed by atoms with van der Waals surface area (Å²) < 4.78 is 22.7. The monoisotopic (exact) mass is 357 g/mol. The minimum Gasteiger partial charge on any atom is -0.342 e. The van der Waals surface area contributed by atoms with Gasteiger partial charge < -0.3 is 4.90 Å². The largest absolute Gasteiger partial charge is 0.342 e. The Hall–Kier alpha value is -1.07. The Morgan fingerprint density at radius 3 is 2.48 bits per heavy atom. The number of sulfone groups is 1. The third-order valence-electron chi connectivity index (χ3n) is 4.67. The maximum atomic E-state index is 12.4. The smallest absolute Gasteiger partial charge is 0.226 e. The molecule has 1 unspecified atom stereocenters. The number of hydrogen-bond donors (Lipinski definition) is 0. The Morgan fingerprint density at radius 1 is 1.35 bits per heavy atom. The molecule has 0 aromatic heterocycles. The van der Waals surface area contributed by atoms with Gasteiger partial charge in [0.2, 0.25) is 5.91 Å². The van der Waals surface area contributed by atoms with Crippen molar-refractivity contribution in [2.24, 2.45) is 5.92 Å². The molecule has 0 spiro atoms. The van der Waals surface area contributed by atoms with E-state index in [1.165, 1.54) is 11.8 Å². The van der Waals surface area contributed by atoms with Crippen molar-refractivity contribution in [2.45, 2.75) is 32.1 Å². The predicted molar refractivity (Wildman–Crippen MR) is 93.5 cm³/mol. The van der Waals surface area contributed by atoms with Crippen molar-refractivity contribution in [1.29, 1.82) is 0 Å². The van der Waals surface area contributed by atoms with Crippen LogP contribution in [0.2, 0.25) is 5.02 Å². The van der Waals surface area contributed by atoms with Gasteiger partial charge in [-0.3, -0.25) is 4.79 Å². The fourth-order valence-corrected chi connectivity index (χ4v) is 4.45. The highest BCUT2D eigenvalue weighted by molar-refractivity contribution is 7.90. The normalized spacial score (nSPS) is 19.4. The van der Waals surface area contributed by atoms with Crippen LogP contribution in [-0.4, -0.2) is 44.3 Å². The van der Waals surface area contributed by atoms with Crippen LogP contribution in [0.1, 0.15) is 32.3 Å². The van der Waals surface area contributed by atoms with Crippen molar-refractivity contribution < 1.29 is 13.2 Å². The van der Waals surface area contributed by atoms with E-state index in [2.05, 4.69) is 13.0 Å². The van der Waals surface area contributed by atoms with Gasteiger partial charge in [-0.15, -0.1) is 0 Å². The Kier molecular flexibility index (Phi) is 5.41. The number of carbonyl (C=O) groups is 1. The standard InChI is InChI=1S/C17H24ClNO3S/c1-13(12-23(3,21)22)16(20)19-9-7-17(2,8-10-19)14-5-4-6-15(18)11-14/h4-6,11,13H,7-10,12H2,1-3H3. The number of piperidine rings is 1. The number of nitrogens with zero attached hydrogens (tertiary/aromatic N) is 1. The van der Waals surface area contributed by atoms with Crippen LogP contribution < -0.4 is 0 Å². The van der Waals surface area contributed by atoms with E-state index in [9.17, 15) is 13.2 Å². The van der Waals surface area contributed by atoms with Gasteiger partial charge in [0.15, 0.2) is 0 Å².